The average Bonchev–Trinajstić information content (AvgIpc) is 1.63. The predicted octanol–water partition coefficient (Wildman–Crippen LogP) is -0.0322. The smallest absolute Gasteiger partial charge is 0.388 e. The zero-order valence-electron chi connectivity index (χ0n) is 60.2. The van der Waals surface area contributed by atoms with E-state index in [1.807, 2.05) is 0 Å². The van der Waals surface area contributed by atoms with Gasteiger partial charge in [-0.1, -0.05) is 13.8 Å². The van der Waals surface area contributed by atoms with Crippen LogP contribution in [0.3, 0.4) is 0 Å². The van der Waals surface area contributed by atoms with Crippen molar-refractivity contribution in [3.63, 3.8) is 0 Å². The van der Waals surface area contributed by atoms with Crippen molar-refractivity contribution in [3.05, 3.63) is 50.6 Å². The van der Waals surface area contributed by atoms with E-state index in [2.05, 4.69) is 138 Å². The van der Waals surface area contributed by atoms with E-state index in [1.54, 1.807) is 16.1 Å². The number of hydrogen-bond donors (Lipinski definition) is 24. The van der Waals surface area contributed by atoms with Crippen molar-refractivity contribution in [1.82, 2.24) is 78.1 Å². The van der Waals surface area contributed by atoms with Gasteiger partial charge in [-0.05, 0) is 12.3 Å². The molecule has 0 saturated carbocycles. The lowest BCUT2D eigenvalue weighted by Gasteiger charge is -2.19. The Morgan fingerprint density at radius 2 is 0.623 bits per heavy atom. The summed E-state index contributed by atoms with van der Waals surface area (Å²) < 4.78 is 211. The van der Waals surface area contributed by atoms with E-state index in [-0.39, 0.29) is 51.5 Å². The Balaban J connectivity index is 0.000000185. The second kappa shape index (κ2) is 39.0. The number of imidazole rings is 4. The van der Waals surface area contributed by atoms with Gasteiger partial charge in [0.2, 0.25) is 0 Å². The SMILES string of the molecule is CC1C(COP(=O)(O)OP(=O)(O)OP(=O)(O)O)OC(n2cnc3c(N)ncnc32)C1O.CC1CC(n2cnc3c(N)ncnc32)OC1COP(=O)(O)OP(=O)(O)OP(=O)(O)O.Nc1ncnc2c1ncn2C1CC(S)C(COP(=O)(O)OP(=O)(O)OP(=O)(O)O)O1.Nc1ncnc2c1ncn2C1OC(COP(=O)(O)OP(=O)(O)OP(=O)(O)O)C(S)C1O. The molecule has 22 atom stereocenters. The zero-order chi connectivity index (χ0) is 91.0. The minimum absolute atomic E-state index is 0.0860. The van der Waals surface area contributed by atoms with Crippen LogP contribution in [0.25, 0.3) is 44.7 Å². The summed E-state index contributed by atoms with van der Waals surface area (Å²) in [5.41, 5.74) is 25.4. The molecule has 4 saturated heterocycles. The van der Waals surface area contributed by atoms with Crippen molar-refractivity contribution in [1.29, 1.82) is 0 Å². The van der Waals surface area contributed by atoms with E-state index < -0.39 is 198 Å². The van der Waals surface area contributed by atoms with Gasteiger partial charge in [0.25, 0.3) is 0 Å². The van der Waals surface area contributed by atoms with E-state index in [4.69, 9.17) is 101 Å². The molecule has 26 N–H and O–H groups in total. The van der Waals surface area contributed by atoms with Gasteiger partial charge in [0.05, 0.1) is 81.4 Å². The highest BCUT2D eigenvalue weighted by molar-refractivity contribution is 7.81. The van der Waals surface area contributed by atoms with E-state index >= 15 is 0 Å². The second-order valence-corrected chi connectivity index (χ2v) is 43.6. The third-order valence-corrected chi connectivity index (χ3v) is 32.2. The fourth-order valence-corrected chi connectivity index (χ4v) is 23.6. The fourth-order valence-electron chi connectivity index (χ4n) is 10.8. The molecule has 0 aliphatic carbocycles. The van der Waals surface area contributed by atoms with Crippen LogP contribution in [0.1, 0.15) is 51.6 Å². The Morgan fingerprint density at radius 1 is 0.352 bits per heavy atom. The summed E-state index contributed by atoms with van der Waals surface area (Å²) in [5.74, 6) is -0.318. The topological polar surface area (TPSA) is 995 Å². The van der Waals surface area contributed by atoms with Crippen LogP contribution in [0.5, 0.6) is 0 Å². The molecule has 122 heavy (non-hydrogen) atoms. The summed E-state index contributed by atoms with van der Waals surface area (Å²) >= 11 is 8.49. The number of rotatable bonds is 32. The predicted molar refractivity (Wildman–Crippen MR) is 399 cm³/mol. The molecule has 0 spiro atoms. The van der Waals surface area contributed by atoms with Crippen LogP contribution in [0.2, 0.25) is 0 Å². The first-order chi connectivity index (χ1) is 55.9. The van der Waals surface area contributed by atoms with Crippen LogP contribution in [0.4, 0.5) is 23.3 Å². The Kier molecular flexibility index (Phi) is 32.4. The number of phosphoric ester groups is 4. The maximum atomic E-state index is 11.9. The molecule has 22 unspecified atom stereocenters. The molecule has 12 heterocycles. The van der Waals surface area contributed by atoms with Crippen molar-refractivity contribution in [2.75, 3.05) is 49.4 Å². The molecule has 12 rings (SSSR count). The Morgan fingerprint density at radius 3 is 0.959 bits per heavy atom. The number of fused-ring (bicyclic) bond motifs is 4. The summed E-state index contributed by atoms with van der Waals surface area (Å²) in [6.07, 6.45) is 1.52. The third kappa shape index (κ3) is 28.3. The summed E-state index contributed by atoms with van der Waals surface area (Å²) in [6.45, 7) is 0.673. The number of nitrogen functional groups attached to an aromatic ring is 4. The molecular weight excluding hydrogens is 1960 g/mol. The highest BCUT2D eigenvalue weighted by Gasteiger charge is 2.51. The quantitative estimate of drug-likeness (QED) is 0.0194. The highest BCUT2D eigenvalue weighted by Crippen LogP contribution is 2.70. The number of phosphoric acid groups is 12. The van der Waals surface area contributed by atoms with Gasteiger partial charge in [0.1, 0.15) is 72.0 Å². The monoisotopic (exact) mass is 2020 g/mol. The van der Waals surface area contributed by atoms with Gasteiger partial charge in [-0.3, -0.25) is 36.4 Å². The Labute approximate surface area is 687 Å². The minimum atomic E-state index is -5.66. The van der Waals surface area contributed by atoms with Crippen LogP contribution < -0.4 is 22.9 Å². The van der Waals surface area contributed by atoms with Gasteiger partial charge in [0, 0.05) is 17.6 Å². The molecular formula is C42H68N20O46P12S2. The second-order valence-electron chi connectivity index (χ2n) is 24.6. The number of thiol groups is 2. The molecule has 80 heteroatoms. The van der Waals surface area contributed by atoms with Crippen molar-refractivity contribution >= 4 is 187 Å². The number of aliphatic hydroxyl groups is 2. The van der Waals surface area contributed by atoms with Crippen LogP contribution in [0.15, 0.2) is 50.6 Å². The molecule has 8 aromatic rings. The summed E-state index contributed by atoms with van der Waals surface area (Å²) in [6, 6.07) is 0. The number of hydrogen-bond acceptors (Lipinski definition) is 48. The summed E-state index contributed by atoms with van der Waals surface area (Å²) in [5, 5.41) is 19.5. The number of nitrogens with two attached hydrogens (primary N) is 4. The molecule has 0 bridgehead atoms. The first-order valence-electron chi connectivity index (χ1n) is 32.1. The summed E-state index contributed by atoms with van der Waals surface area (Å²) in [4.78, 5) is 191. The van der Waals surface area contributed by atoms with Crippen molar-refractivity contribution < 1.29 is 215 Å². The lowest BCUT2D eigenvalue weighted by molar-refractivity contribution is -0.0485. The molecule has 0 radical (unpaired) electrons. The standard InChI is InChI=1S/C11H18N5O12P3.C11H18N5O11P3.C10H16N5O12P3S.C10H16N5O11P3S/c1-5-6(2-25-30(21,22)28-31(23,24)27-29(18,19)20)26-11(8(5)17)16-4-15-7-9(12)13-3-14-10(7)16;1-6-2-8(16-5-15-9-10(12)13-4-14-11(9)16)25-7(6)3-24-29(20,21)27-30(22,23)26-28(17,18)19;11-8-5-9(13-2-12-8)15(3-14-5)10-6(16)7(31)4(25-10)1-24-29(20,21)27-30(22,23)26-28(17,18)19;11-9-8-10(13-3-12-9)15(4-14-8)7-1-6(30)5(24-7)2-23-28(19,20)26-29(21,22)25-27(16,17)18/h3-6,8,11,17H,2H2,1H3,(H,21,22)(H,23,24)(H2,12,13,14)(H2,18,19,20);4-8H,2-3H2,1H3,(H,20,21)(H,22,23)(H2,12,13,14)(H2,17,18,19);2-4,6-7,10,16,31H,1H2,(H,20,21)(H,22,23)(H2,11,12,13)(H2,17,18,19);3-7,30H,1-2H2,(H,19,20)(H,21,22)(H2,11,12,13)(H2,16,17,18). The normalized spacial score (nSPS) is 27.5. The Hall–Kier alpha value is -4.50. The first kappa shape index (κ1) is 101. The number of ether oxygens (including phenoxy) is 4. The van der Waals surface area contributed by atoms with E-state index in [0.717, 1.165) is 0 Å². The van der Waals surface area contributed by atoms with Crippen molar-refractivity contribution in [2.24, 2.45) is 11.8 Å². The molecule has 4 aliphatic heterocycles. The molecule has 4 aliphatic rings. The zero-order valence-corrected chi connectivity index (χ0v) is 72.7. The molecule has 66 nitrogen and oxygen atoms in total. The average molecular weight is 2020 g/mol. The lowest BCUT2D eigenvalue weighted by atomic mass is 10.0. The van der Waals surface area contributed by atoms with Crippen molar-refractivity contribution in [2.45, 2.75) is 98.7 Å². The van der Waals surface area contributed by atoms with Gasteiger partial charge < -0.3 is 130 Å². The fraction of sp³-hybridized carbons (Fsp3) is 0.524. The maximum Gasteiger partial charge on any atom is 0.490 e. The summed E-state index contributed by atoms with van der Waals surface area (Å²) in [7, 11) is -65.6. The third-order valence-electron chi connectivity index (χ3n) is 15.8. The Bertz CT molecular complexity index is 5390. The molecule has 4 fully saturated rings. The van der Waals surface area contributed by atoms with Gasteiger partial charge >= 0.3 is 93.9 Å². The number of nitrogens with zero attached hydrogens (tertiary/aromatic N) is 16. The molecule has 684 valence electrons. The maximum absolute atomic E-state index is 11.9. The lowest BCUT2D eigenvalue weighted by Crippen LogP contribution is -2.29. The highest BCUT2D eigenvalue weighted by atomic mass is 32.1. The first-order valence-corrected chi connectivity index (χ1v) is 51.2. The molecule has 8 aromatic heterocycles. The van der Waals surface area contributed by atoms with Crippen LogP contribution >= 0.6 is 119 Å². The number of anilines is 4. The van der Waals surface area contributed by atoms with E-state index in [0.29, 0.717) is 35.2 Å². The van der Waals surface area contributed by atoms with Crippen molar-refractivity contribution in [3.8, 4) is 0 Å². The molecule has 0 amide bonds. The van der Waals surface area contributed by atoms with Crippen LogP contribution in [-0.4, -0.2) is 240 Å². The van der Waals surface area contributed by atoms with Crippen LogP contribution in [0, 0.1) is 11.8 Å². The van der Waals surface area contributed by atoms with E-state index in [1.165, 1.54) is 66.7 Å². The molecule has 0 aromatic carbocycles. The minimum Gasteiger partial charge on any atom is -0.388 e. The van der Waals surface area contributed by atoms with Gasteiger partial charge in [0.15, 0.2) is 58.3 Å². The number of aromatic nitrogens is 16. The van der Waals surface area contributed by atoms with Gasteiger partial charge in [-0.15, -0.1) is 0 Å². The van der Waals surface area contributed by atoms with E-state index in [9.17, 15) is 84.6 Å². The largest absolute Gasteiger partial charge is 0.490 e. The van der Waals surface area contributed by atoms with Crippen LogP contribution in [-0.2, 0) is 126 Å². The van der Waals surface area contributed by atoms with Gasteiger partial charge in [-0.25, -0.2) is 115 Å². The number of aliphatic hydroxyl groups excluding tert-OH is 2. The van der Waals surface area contributed by atoms with Gasteiger partial charge in [-0.2, -0.15) is 59.7 Å².